The summed E-state index contributed by atoms with van der Waals surface area (Å²) >= 11 is 6.13. The Labute approximate surface area is 133 Å². The molecule has 0 aliphatic rings. The summed E-state index contributed by atoms with van der Waals surface area (Å²) in [5.74, 6) is 5.88. The number of nitrogens with one attached hydrogen (secondary N) is 1. The molecule has 5 nitrogen and oxygen atoms in total. The summed E-state index contributed by atoms with van der Waals surface area (Å²) in [6, 6.07) is 14.9. The number of rotatable bonds is 4. The van der Waals surface area contributed by atoms with Crippen LogP contribution in [0.2, 0.25) is 5.02 Å². The van der Waals surface area contributed by atoms with E-state index in [-0.39, 0.29) is 5.70 Å². The van der Waals surface area contributed by atoms with Crippen LogP contribution < -0.4 is 21.7 Å². The third-order valence-electron chi connectivity index (χ3n) is 3.21. The average Bonchev–Trinajstić information content (AvgIpc) is 2.56. The minimum Gasteiger partial charge on any atom is -0.495 e. The first kappa shape index (κ1) is 15.7. The van der Waals surface area contributed by atoms with Crippen LogP contribution in [0.4, 0.5) is 0 Å². The number of hydrazine groups is 1. The molecule has 0 radical (unpaired) electrons. The molecule has 0 bridgehead atoms. The van der Waals surface area contributed by atoms with Crippen LogP contribution in [0.5, 0.6) is 5.75 Å². The first-order valence-corrected chi connectivity index (χ1v) is 6.79. The first-order valence-electron chi connectivity index (χ1n) is 6.41. The highest BCUT2D eigenvalue weighted by atomic mass is 35.5. The molecule has 0 unspecified atom stereocenters. The number of methoxy groups -OCH3 is 1. The first-order chi connectivity index (χ1) is 10.6. The molecule has 2 rings (SSSR count). The van der Waals surface area contributed by atoms with E-state index in [0.717, 1.165) is 11.1 Å². The molecule has 0 amide bonds. The number of nitriles is 1. The molecule has 6 heteroatoms. The van der Waals surface area contributed by atoms with Crippen molar-refractivity contribution in [2.24, 2.45) is 11.6 Å². The fourth-order valence-corrected chi connectivity index (χ4v) is 2.26. The second kappa shape index (κ2) is 6.85. The number of benzene rings is 2. The minimum atomic E-state index is 0.125. The number of nitrogens with two attached hydrogens (primary N) is 2. The zero-order valence-electron chi connectivity index (χ0n) is 11.9. The normalized spacial score (nSPS) is 11.4. The van der Waals surface area contributed by atoms with E-state index >= 15 is 0 Å². The molecule has 0 aliphatic carbocycles. The Balaban J connectivity index is 2.36. The average molecular weight is 315 g/mol. The van der Waals surface area contributed by atoms with Gasteiger partial charge in [0.05, 0.1) is 17.8 Å². The van der Waals surface area contributed by atoms with Crippen LogP contribution in [0.3, 0.4) is 0 Å². The lowest BCUT2D eigenvalue weighted by Crippen LogP contribution is -2.23. The molecule has 0 saturated carbocycles. The molecule has 112 valence electrons. The summed E-state index contributed by atoms with van der Waals surface area (Å²) in [4.78, 5) is 0. The third kappa shape index (κ3) is 3.14. The smallest absolute Gasteiger partial charge is 0.151 e. The van der Waals surface area contributed by atoms with Crippen molar-refractivity contribution in [2.45, 2.75) is 0 Å². The molecule has 0 fully saturated rings. The maximum Gasteiger partial charge on any atom is 0.151 e. The van der Waals surface area contributed by atoms with Crippen molar-refractivity contribution in [1.82, 2.24) is 5.43 Å². The van der Waals surface area contributed by atoms with E-state index in [1.807, 2.05) is 48.5 Å². The number of nitrogens with zero attached hydrogens (tertiary/aromatic N) is 1. The third-order valence-corrected chi connectivity index (χ3v) is 3.50. The van der Waals surface area contributed by atoms with Gasteiger partial charge in [-0.05, 0) is 23.3 Å². The number of ether oxygens (including phenoxy) is 1. The predicted octanol–water partition coefficient (Wildman–Crippen LogP) is 2.63. The fourth-order valence-electron chi connectivity index (χ4n) is 2.00. The molecular formula is C16H15ClN4O. The summed E-state index contributed by atoms with van der Waals surface area (Å²) in [6.07, 6.45) is 0. The molecule has 2 aromatic rings. The summed E-state index contributed by atoms with van der Waals surface area (Å²) in [5.41, 5.74) is 11.2. The van der Waals surface area contributed by atoms with Crippen LogP contribution in [0.25, 0.3) is 16.8 Å². The molecule has 0 spiro atoms. The molecule has 22 heavy (non-hydrogen) atoms. The van der Waals surface area contributed by atoms with Crippen LogP contribution in [-0.2, 0) is 0 Å². The summed E-state index contributed by atoms with van der Waals surface area (Å²) in [5, 5.41) is 9.46. The molecule has 0 atom stereocenters. The number of allylic oxidation sites excluding steroid dienone is 1. The van der Waals surface area contributed by atoms with Crippen molar-refractivity contribution in [3.63, 3.8) is 0 Å². The SMILES string of the molecule is COc1ccc(-c2ccc(/C(N)=C(\C#N)NN)cc2)cc1Cl. The van der Waals surface area contributed by atoms with E-state index in [1.165, 1.54) is 0 Å². The number of hydrogen-bond donors (Lipinski definition) is 3. The van der Waals surface area contributed by atoms with E-state index in [9.17, 15) is 0 Å². The molecule has 2 aromatic carbocycles. The highest BCUT2D eigenvalue weighted by molar-refractivity contribution is 6.32. The predicted molar refractivity (Wildman–Crippen MR) is 87.5 cm³/mol. The van der Waals surface area contributed by atoms with Gasteiger partial charge in [-0.3, -0.25) is 0 Å². The van der Waals surface area contributed by atoms with E-state index in [1.54, 1.807) is 7.11 Å². The van der Waals surface area contributed by atoms with Gasteiger partial charge in [-0.2, -0.15) is 5.26 Å². The Hall–Kier alpha value is -2.68. The summed E-state index contributed by atoms with van der Waals surface area (Å²) in [7, 11) is 1.57. The van der Waals surface area contributed by atoms with E-state index < -0.39 is 0 Å². The largest absolute Gasteiger partial charge is 0.495 e. The Bertz CT molecular complexity index is 748. The Morgan fingerprint density at radius 3 is 2.32 bits per heavy atom. The maximum atomic E-state index is 8.91. The fraction of sp³-hybridized carbons (Fsp3) is 0.0625. The summed E-state index contributed by atoms with van der Waals surface area (Å²) in [6.45, 7) is 0. The van der Waals surface area contributed by atoms with E-state index in [0.29, 0.717) is 22.0 Å². The molecule has 0 aliphatic heterocycles. The molecule has 5 N–H and O–H groups in total. The van der Waals surface area contributed by atoms with Crippen molar-refractivity contribution >= 4 is 17.3 Å². The van der Waals surface area contributed by atoms with Crippen molar-refractivity contribution in [3.8, 4) is 22.9 Å². The molecule has 0 heterocycles. The lowest BCUT2D eigenvalue weighted by atomic mass is 10.0. The van der Waals surface area contributed by atoms with Gasteiger partial charge < -0.3 is 15.9 Å². The Kier molecular flexibility index (Phi) is 4.89. The quantitative estimate of drug-likeness (QED) is 0.458. The van der Waals surface area contributed by atoms with Crippen LogP contribution in [-0.4, -0.2) is 7.11 Å². The highest BCUT2D eigenvalue weighted by Crippen LogP contribution is 2.30. The van der Waals surface area contributed by atoms with Gasteiger partial charge in [0, 0.05) is 5.56 Å². The second-order valence-electron chi connectivity index (χ2n) is 4.47. The Morgan fingerprint density at radius 1 is 1.18 bits per heavy atom. The van der Waals surface area contributed by atoms with Crippen LogP contribution in [0, 0.1) is 11.3 Å². The lowest BCUT2D eigenvalue weighted by Gasteiger charge is -2.08. The summed E-state index contributed by atoms with van der Waals surface area (Å²) < 4.78 is 5.13. The van der Waals surface area contributed by atoms with Crippen LogP contribution >= 0.6 is 11.6 Å². The van der Waals surface area contributed by atoms with E-state index in [2.05, 4.69) is 5.43 Å². The van der Waals surface area contributed by atoms with Crippen LogP contribution in [0.15, 0.2) is 48.2 Å². The van der Waals surface area contributed by atoms with Gasteiger partial charge in [-0.1, -0.05) is 41.9 Å². The second-order valence-corrected chi connectivity index (χ2v) is 4.88. The van der Waals surface area contributed by atoms with E-state index in [4.69, 9.17) is 33.2 Å². The Morgan fingerprint density at radius 2 is 1.82 bits per heavy atom. The number of halogens is 1. The van der Waals surface area contributed by atoms with Crippen molar-refractivity contribution in [2.75, 3.05) is 7.11 Å². The van der Waals surface area contributed by atoms with Crippen LogP contribution in [0.1, 0.15) is 5.56 Å². The van der Waals surface area contributed by atoms with Gasteiger partial charge in [0.15, 0.2) is 5.70 Å². The monoisotopic (exact) mass is 314 g/mol. The lowest BCUT2D eigenvalue weighted by molar-refractivity contribution is 0.415. The van der Waals surface area contributed by atoms with Gasteiger partial charge >= 0.3 is 0 Å². The zero-order valence-corrected chi connectivity index (χ0v) is 12.7. The van der Waals surface area contributed by atoms with Crippen molar-refractivity contribution in [1.29, 1.82) is 5.26 Å². The van der Waals surface area contributed by atoms with Gasteiger partial charge in [0.25, 0.3) is 0 Å². The molecular weight excluding hydrogens is 300 g/mol. The minimum absolute atomic E-state index is 0.125. The van der Waals surface area contributed by atoms with Gasteiger partial charge in [0.1, 0.15) is 11.8 Å². The van der Waals surface area contributed by atoms with Crippen molar-refractivity contribution < 1.29 is 4.74 Å². The molecule has 0 saturated heterocycles. The topological polar surface area (TPSA) is 97.1 Å². The number of hydrogen-bond acceptors (Lipinski definition) is 5. The van der Waals surface area contributed by atoms with Crippen molar-refractivity contribution in [3.05, 3.63) is 58.7 Å². The zero-order chi connectivity index (χ0) is 16.1. The maximum absolute atomic E-state index is 8.91. The van der Waals surface area contributed by atoms with Gasteiger partial charge in [-0.15, -0.1) is 0 Å². The van der Waals surface area contributed by atoms with Gasteiger partial charge in [-0.25, -0.2) is 5.84 Å². The standard InChI is InChI=1S/C16H15ClN4O/c1-22-15-7-6-12(8-13(15)17)10-2-4-11(5-3-10)16(19)14(9-18)21-20/h2-8,21H,19-20H2,1H3/b16-14-. The molecule has 0 aromatic heterocycles. The van der Waals surface area contributed by atoms with Gasteiger partial charge in [0.2, 0.25) is 0 Å². The highest BCUT2D eigenvalue weighted by Gasteiger charge is 2.07.